The highest BCUT2D eigenvalue weighted by Gasteiger charge is 2.50. The van der Waals surface area contributed by atoms with E-state index >= 15 is 0 Å². The molecule has 10 heteroatoms. The summed E-state index contributed by atoms with van der Waals surface area (Å²) in [6.45, 7) is -0.189. The Hall–Kier alpha value is -4.08. The molecule has 3 aliphatic rings. The predicted molar refractivity (Wildman–Crippen MR) is 135 cm³/mol. The molecule has 202 valence electrons. The summed E-state index contributed by atoms with van der Waals surface area (Å²) in [6.07, 6.45) is 5.21. The summed E-state index contributed by atoms with van der Waals surface area (Å²) in [5, 5.41) is 2.35. The number of ether oxygens (including phenoxy) is 1. The Balaban J connectivity index is 1.36. The fraction of sp³-hybridized carbons (Fsp3) is 0.345. The maximum Gasteiger partial charge on any atom is 0.275 e. The van der Waals surface area contributed by atoms with Crippen LogP contribution < -0.4 is 15.5 Å². The molecule has 1 saturated carbocycles. The van der Waals surface area contributed by atoms with Gasteiger partial charge in [-0.25, -0.2) is 13.2 Å². The molecule has 0 spiro atoms. The molecule has 2 aromatic carbocycles. The van der Waals surface area contributed by atoms with Gasteiger partial charge in [-0.1, -0.05) is 36.8 Å². The van der Waals surface area contributed by atoms with Crippen molar-refractivity contribution in [1.82, 2.24) is 14.8 Å². The summed E-state index contributed by atoms with van der Waals surface area (Å²) < 4.78 is 49.0. The second-order valence-corrected chi connectivity index (χ2v) is 10.4. The standard InChI is InChI=1S/C29H26F3N3O4/c30-18-10-22(31)20(23(32)11-18)12-33-28(37)21-13-34-14-24-17-7-4-8-19(9-17)35(24)29(38)25(34)27(26(21)36)39-15-16-5-2-1-3-6-16/h1-3,5-6,10-11,13,17,19,24H,4,7-9,12,14-15H2,(H,33,37)/t17-,19+,24-/m1/s1. The van der Waals surface area contributed by atoms with Crippen LogP contribution in [0.4, 0.5) is 13.2 Å². The van der Waals surface area contributed by atoms with E-state index in [1.807, 2.05) is 35.2 Å². The fourth-order valence-corrected chi connectivity index (χ4v) is 6.21. The van der Waals surface area contributed by atoms with Crippen molar-refractivity contribution in [2.45, 2.75) is 57.5 Å². The Morgan fingerprint density at radius 3 is 2.54 bits per heavy atom. The van der Waals surface area contributed by atoms with Crippen molar-refractivity contribution in [2.75, 3.05) is 0 Å². The molecule has 3 atom stereocenters. The topological polar surface area (TPSA) is 80.6 Å². The van der Waals surface area contributed by atoms with Crippen molar-refractivity contribution in [2.24, 2.45) is 5.92 Å². The van der Waals surface area contributed by atoms with Crippen LogP contribution in [0.3, 0.4) is 0 Å². The lowest BCUT2D eigenvalue weighted by atomic mass is 9.87. The maximum atomic E-state index is 14.1. The zero-order valence-corrected chi connectivity index (χ0v) is 21.0. The van der Waals surface area contributed by atoms with E-state index in [1.165, 1.54) is 6.20 Å². The van der Waals surface area contributed by atoms with E-state index in [0.717, 1.165) is 31.2 Å². The molecule has 2 aliphatic heterocycles. The van der Waals surface area contributed by atoms with Gasteiger partial charge < -0.3 is 19.5 Å². The minimum atomic E-state index is -1.15. The van der Waals surface area contributed by atoms with E-state index in [-0.39, 0.29) is 41.6 Å². The highest BCUT2D eigenvalue weighted by atomic mass is 19.1. The summed E-state index contributed by atoms with van der Waals surface area (Å²) in [5.41, 5.74) is -0.763. The lowest BCUT2D eigenvalue weighted by Crippen LogP contribution is -2.50. The van der Waals surface area contributed by atoms with Gasteiger partial charge in [-0.15, -0.1) is 0 Å². The van der Waals surface area contributed by atoms with Crippen molar-refractivity contribution in [3.05, 3.63) is 98.7 Å². The van der Waals surface area contributed by atoms with Crippen LogP contribution in [-0.2, 0) is 19.7 Å². The molecule has 2 amide bonds. The Labute approximate surface area is 222 Å². The molecule has 2 fully saturated rings. The zero-order valence-electron chi connectivity index (χ0n) is 21.0. The molecular formula is C29H26F3N3O4. The number of carbonyl (C=O) groups is 2. The smallest absolute Gasteiger partial charge is 0.275 e. The van der Waals surface area contributed by atoms with Gasteiger partial charge in [-0.2, -0.15) is 0 Å². The van der Waals surface area contributed by atoms with Crippen molar-refractivity contribution in [3.8, 4) is 5.75 Å². The lowest BCUT2D eigenvalue weighted by molar-refractivity contribution is 0.0565. The first kappa shape index (κ1) is 25.2. The van der Waals surface area contributed by atoms with E-state index in [2.05, 4.69) is 5.32 Å². The van der Waals surface area contributed by atoms with Crippen molar-refractivity contribution in [1.29, 1.82) is 0 Å². The van der Waals surface area contributed by atoms with Crippen LogP contribution in [0.15, 0.2) is 53.5 Å². The number of pyridine rings is 1. The van der Waals surface area contributed by atoms with Gasteiger partial charge in [0.25, 0.3) is 11.8 Å². The van der Waals surface area contributed by atoms with Gasteiger partial charge in [0.05, 0.1) is 6.04 Å². The summed E-state index contributed by atoms with van der Waals surface area (Å²) in [5.74, 6) is -4.44. The van der Waals surface area contributed by atoms with Crippen molar-refractivity contribution < 1.29 is 27.5 Å². The molecule has 6 rings (SSSR count). The lowest BCUT2D eigenvalue weighted by Gasteiger charge is -2.37. The summed E-state index contributed by atoms with van der Waals surface area (Å²) in [7, 11) is 0. The van der Waals surface area contributed by atoms with Crippen molar-refractivity contribution >= 4 is 11.8 Å². The van der Waals surface area contributed by atoms with E-state index < -0.39 is 40.9 Å². The first-order valence-electron chi connectivity index (χ1n) is 13.0. The van der Waals surface area contributed by atoms with Crippen molar-refractivity contribution in [3.63, 3.8) is 0 Å². The largest absolute Gasteiger partial charge is 0.483 e. The number of benzene rings is 2. The van der Waals surface area contributed by atoms with E-state index in [9.17, 15) is 27.6 Å². The van der Waals surface area contributed by atoms with Gasteiger partial charge in [-0.05, 0) is 30.7 Å². The number of hydrogen-bond donors (Lipinski definition) is 1. The number of nitrogens with one attached hydrogen (secondary N) is 1. The second kappa shape index (κ2) is 9.91. The molecule has 2 bridgehead atoms. The Bertz CT molecular complexity index is 1500. The first-order chi connectivity index (χ1) is 18.8. The number of carbonyl (C=O) groups excluding carboxylic acids is 2. The van der Waals surface area contributed by atoms with Gasteiger partial charge in [0.1, 0.15) is 29.6 Å². The minimum Gasteiger partial charge on any atom is -0.483 e. The molecule has 39 heavy (non-hydrogen) atoms. The maximum absolute atomic E-state index is 14.1. The summed E-state index contributed by atoms with van der Waals surface area (Å²) in [4.78, 5) is 42.4. The van der Waals surface area contributed by atoms with E-state index in [0.29, 0.717) is 24.6 Å². The summed E-state index contributed by atoms with van der Waals surface area (Å²) in [6, 6.07) is 10.2. The number of hydrogen-bond acceptors (Lipinski definition) is 4. The third kappa shape index (κ3) is 4.47. The number of amides is 2. The van der Waals surface area contributed by atoms with Crippen LogP contribution in [0.2, 0.25) is 0 Å². The van der Waals surface area contributed by atoms with Gasteiger partial charge >= 0.3 is 0 Å². The number of nitrogens with zero attached hydrogens (tertiary/aromatic N) is 2. The first-order valence-corrected chi connectivity index (χ1v) is 13.0. The normalized spacial score (nSPS) is 21.4. The number of aromatic nitrogens is 1. The molecule has 3 aromatic rings. The number of fused-ring (bicyclic) bond motifs is 6. The van der Waals surface area contributed by atoms with E-state index in [1.54, 1.807) is 4.57 Å². The Morgan fingerprint density at radius 2 is 1.79 bits per heavy atom. The molecule has 1 aromatic heterocycles. The Kier molecular flexibility index (Phi) is 6.40. The van der Waals surface area contributed by atoms with Crippen LogP contribution >= 0.6 is 0 Å². The van der Waals surface area contributed by atoms with Crippen LogP contribution in [-0.4, -0.2) is 33.4 Å². The Morgan fingerprint density at radius 1 is 1.05 bits per heavy atom. The average molecular weight is 538 g/mol. The van der Waals surface area contributed by atoms with Crippen LogP contribution in [0.25, 0.3) is 0 Å². The second-order valence-electron chi connectivity index (χ2n) is 10.4. The number of rotatable bonds is 6. The molecule has 1 aliphatic carbocycles. The molecule has 0 radical (unpaired) electrons. The molecular weight excluding hydrogens is 511 g/mol. The minimum absolute atomic E-state index is 0.00289. The fourth-order valence-electron chi connectivity index (χ4n) is 6.21. The van der Waals surface area contributed by atoms with E-state index in [4.69, 9.17) is 4.74 Å². The SMILES string of the molecule is O=C(NCc1c(F)cc(F)cc1F)c1cn2c(c(OCc3ccccc3)c1=O)C(=O)N1[C@H]3CCC[C@H](C3)[C@H]1C2. The van der Waals surface area contributed by atoms with Gasteiger partial charge in [-0.3, -0.25) is 14.4 Å². The third-order valence-electron chi connectivity index (χ3n) is 8.04. The highest BCUT2D eigenvalue weighted by molar-refractivity contribution is 5.99. The third-order valence-corrected chi connectivity index (χ3v) is 8.04. The van der Waals surface area contributed by atoms with Gasteiger partial charge in [0.2, 0.25) is 5.43 Å². The monoisotopic (exact) mass is 537 g/mol. The predicted octanol–water partition coefficient (Wildman–Crippen LogP) is 4.17. The molecule has 1 N–H and O–H groups in total. The van der Waals surface area contributed by atoms with Gasteiger partial charge in [0, 0.05) is 43.0 Å². The molecule has 0 unspecified atom stereocenters. The molecule has 3 heterocycles. The molecule has 7 nitrogen and oxygen atoms in total. The van der Waals surface area contributed by atoms with Gasteiger partial charge in [0.15, 0.2) is 11.4 Å². The van der Waals surface area contributed by atoms with Crippen LogP contribution in [0, 0.1) is 23.4 Å². The van der Waals surface area contributed by atoms with Crippen LogP contribution in [0.5, 0.6) is 5.75 Å². The average Bonchev–Trinajstić information content (AvgIpc) is 3.16. The van der Waals surface area contributed by atoms with Crippen LogP contribution in [0.1, 0.15) is 57.7 Å². The highest BCUT2D eigenvalue weighted by Crippen LogP contribution is 2.44. The number of halogens is 3. The zero-order chi connectivity index (χ0) is 27.3. The summed E-state index contributed by atoms with van der Waals surface area (Å²) >= 11 is 0. The molecule has 1 saturated heterocycles. The quantitative estimate of drug-likeness (QED) is 0.512.